The van der Waals surface area contributed by atoms with Gasteiger partial charge in [-0.3, -0.25) is 0 Å². The molecule has 3 rings (SSSR count). The Morgan fingerprint density at radius 3 is 2.67 bits per heavy atom. The van der Waals surface area contributed by atoms with Crippen LogP contribution in [-0.2, 0) is 12.0 Å². The van der Waals surface area contributed by atoms with E-state index < -0.39 is 35.6 Å². The topological polar surface area (TPSA) is 32.3 Å². The highest BCUT2D eigenvalue weighted by atomic mass is 19.4. The average molecular weight is 344 g/mol. The first-order valence-corrected chi connectivity index (χ1v) is 8.08. The lowest BCUT2D eigenvalue weighted by molar-refractivity contribution is -0.150. The molecule has 1 aromatic rings. The van der Waals surface area contributed by atoms with Crippen LogP contribution in [0, 0.1) is 5.82 Å². The van der Waals surface area contributed by atoms with E-state index in [0.29, 0.717) is 31.2 Å². The summed E-state index contributed by atoms with van der Waals surface area (Å²) >= 11 is 0. The summed E-state index contributed by atoms with van der Waals surface area (Å²) in [6.45, 7) is 2.25. The third-order valence-corrected chi connectivity index (χ3v) is 5.46. The van der Waals surface area contributed by atoms with Crippen molar-refractivity contribution in [2.75, 3.05) is 6.54 Å². The zero-order chi connectivity index (χ0) is 17.8. The molecule has 1 aromatic carbocycles. The van der Waals surface area contributed by atoms with Crippen LogP contribution >= 0.6 is 0 Å². The molecule has 1 N–H and O–H groups in total. The number of halogens is 4. The van der Waals surface area contributed by atoms with Gasteiger partial charge in [0.25, 0.3) is 0 Å². The lowest BCUT2D eigenvalue weighted by atomic mass is 9.72. The van der Waals surface area contributed by atoms with Crippen molar-refractivity contribution in [1.82, 2.24) is 10.2 Å². The molecule has 7 heteroatoms. The lowest BCUT2D eigenvalue weighted by Crippen LogP contribution is -2.57. The Hall–Kier alpha value is -1.79. The van der Waals surface area contributed by atoms with Gasteiger partial charge in [-0.05, 0) is 49.4 Å². The van der Waals surface area contributed by atoms with Gasteiger partial charge in [0.1, 0.15) is 12.4 Å². The summed E-state index contributed by atoms with van der Waals surface area (Å²) in [5.41, 5.74) is -0.555. The minimum atomic E-state index is -4.48. The Balaban J connectivity index is 2.13. The number of amides is 2. The molecule has 1 fully saturated rings. The van der Waals surface area contributed by atoms with Crippen molar-refractivity contribution in [3.63, 3.8) is 0 Å². The predicted octanol–water partition coefficient (Wildman–Crippen LogP) is 4.11. The quantitative estimate of drug-likeness (QED) is 0.822. The van der Waals surface area contributed by atoms with Crippen LogP contribution in [0.3, 0.4) is 0 Å². The van der Waals surface area contributed by atoms with Gasteiger partial charge in [0.15, 0.2) is 0 Å². The Morgan fingerprint density at radius 1 is 1.33 bits per heavy atom. The van der Waals surface area contributed by atoms with Gasteiger partial charge in [0.2, 0.25) is 0 Å². The van der Waals surface area contributed by atoms with Crippen LogP contribution in [0.5, 0.6) is 0 Å². The van der Waals surface area contributed by atoms with Crippen LogP contribution in [0.15, 0.2) is 18.2 Å². The van der Waals surface area contributed by atoms with E-state index in [1.54, 1.807) is 13.0 Å². The largest absolute Gasteiger partial charge is 0.406 e. The highest BCUT2D eigenvalue weighted by Gasteiger charge is 2.63. The molecular formula is C17H20F4N2O. The van der Waals surface area contributed by atoms with Crippen LogP contribution in [0.1, 0.15) is 44.2 Å². The Bertz CT molecular complexity index is 675. The molecule has 1 saturated heterocycles. The third kappa shape index (κ3) is 2.36. The standard InChI is InChI=1S/C17H20F4N2O/c1-3-7-15(2)16(22-14(24)23(15)10-17(19,20)21)8-6-11-4-5-12(18)9-13(11)16/h4-5,9H,3,6-8,10H2,1-2H3,(H,22,24)/t15-,16?/m1/s1. The molecule has 1 spiro atoms. The number of benzene rings is 1. The number of rotatable bonds is 3. The van der Waals surface area contributed by atoms with Gasteiger partial charge in [0, 0.05) is 0 Å². The minimum Gasteiger partial charge on any atom is -0.326 e. The predicted molar refractivity (Wildman–Crippen MR) is 81.0 cm³/mol. The fourth-order valence-electron chi connectivity index (χ4n) is 4.41. The van der Waals surface area contributed by atoms with Crippen molar-refractivity contribution in [1.29, 1.82) is 0 Å². The van der Waals surface area contributed by atoms with Gasteiger partial charge in [-0.1, -0.05) is 19.4 Å². The van der Waals surface area contributed by atoms with Crippen LogP contribution in [0.4, 0.5) is 22.4 Å². The number of aryl methyl sites for hydroxylation is 1. The number of fused-ring (bicyclic) bond motifs is 2. The second-order valence-corrected chi connectivity index (χ2v) is 6.86. The minimum absolute atomic E-state index is 0.401. The summed E-state index contributed by atoms with van der Waals surface area (Å²) in [6, 6.07) is 3.62. The third-order valence-electron chi connectivity index (χ3n) is 5.46. The lowest BCUT2D eigenvalue weighted by Gasteiger charge is -2.45. The summed E-state index contributed by atoms with van der Waals surface area (Å²) < 4.78 is 52.8. The molecule has 2 amide bonds. The summed E-state index contributed by atoms with van der Waals surface area (Å²) in [5.74, 6) is -0.447. The van der Waals surface area contributed by atoms with Gasteiger partial charge in [-0.25, -0.2) is 9.18 Å². The first kappa shape index (κ1) is 17.0. The maximum absolute atomic E-state index is 13.8. The van der Waals surface area contributed by atoms with E-state index in [2.05, 4.69) is 5.32 Å². The molecule has 24 heavy (non-hydrogen) atoms. The fourth-order valence-corrected chi connectivity index (χ4v) is 4.41. The van der Waals surface area contributed by atoms with Gasteiger partial charge < -0.3 is 10.2 Å². The molecule has 1 aliphatic heterocycles. The molecule has 3 nitrogen and oxygen atoms in total. The van der Waals surface area contributed by atoms with Crippen molar-refractivity contribution >= 4 is 6.03 Å². The zero-order valence-corrected chi connectivity index (χ0v) is 13.6. The molecule has 0 bridgehead atoms. The van der Waals surface area contributed by atoms with Gasteiger partial charge in [-0.2, -0.15) is 13.2 Å². The highest BCUT2D eigenvalue weighted by molar-refractivity contribution is 5.81. The molecule has 1 unspecified atom stereocenters. The molecule has 0 radical (unpaired) electrons. The van der Waals surface area contributed by atoms with E-state index in [-0.39, 0.29) is 0 Å². The molecule has 1 aliphatic carbocycles. The van der Waals surface area contributed by atoms with Crippen LogP contribution in [-0.4, -0.2) is 29.2 Å². The van der Waals surface area contributed by atoms with E-state index in [1.807, 2.05) is 6.92 Å². The number of hydrogen-bond donors (Lipinski definition) is 1. The van der Waals surface area contributed by atoms with Gasteiger partial charge >= 0.3 is 12.2 Å². The molecule has 2 atom stereocenters. The number of urea groups is 1. The van der Waals surface area contributed by atoms with E-state index in [1.165, 1.54) is 12.1 Å². The molecule has 132 valence electrons. The number of alkyl halides is 3. The number of nitrogens with zero attached hydrogens (tertiary/aromatic N) is 1. The number of hydrogen-bond acceptors (Lipinski definition) is 1. The average Bonchev–Trinajstić information content (AvgIpc) is 2.91. The smallest absolute Gasteiger partial charge is 0.326 e. The fraction of sp³-hybridized carbons (Fsp3) is 0.588. The van der Waals surface area contributed by atoms with Gasteiger partial charge in [-0.15, -0.1) is 0 Å². The number of nitrogens with one attached hydrogen (secondary N) is 1. The Morgan fingerprint density at radius 2 is 2.04 bits per heavy atom. The van der Waals surface area contributed by atoms with E-state index in [0.717, 1.165) is 10.5 Å². The second kappa shape index (κ2) is 5.36. The van der Waals surface area contributed by atoms with Crippen LogP contribution in [0.25, 0.3) is 0 Å². The number of carbonyl (C=O) groups excluding carboxylic acids is 1. The molecular weight excluding hydrogens is 324 g/mol. The van der Waals surface area contributed by atoms with Crippen molar-refractivity contribution in [3.8, 4) is 0 Å². The summed E-state index contributed by atoms with van der Waals surface area (Å²) in [7, 11) is 0. The first-order chi connectivity index (χ1) is 11.1. The van der Waals surface area contributed by atoms with Crippen LogP contribution < -0.4 is 5.32 Å². The number of carbonyl (C=O) groups is 1. The Labute approximate surface area is 138 Å². The normalized spacial score (nSPS) is 29.2. The molecule has 0 saturated carbocycles. The van der Waals surface area contributed by atoms with Gasteiger partial charge in [0.05, 0.1) is 11.1 Å². The summed E-state index contributed by atoms with van der Waals surface area (Å²) in [4.78, 5) is 13.3. The second-order valence-electron chi connectivity index (χ2n) is 6.86. The zero-order valence-electron chi connectivity index (χ0n) is 13.6. The van der Waals surface area contributed by atoms with Crippen molar-refractivity contribution in [2.24, 2.45) is 0 Å². The van der Waals surface area contributed by atoms with E-state index >= 15 is 0 Å². The SMILES string of the molecule is CCC[C@@]1(C)N(CC(F)(F)F)C(=O)NC12CCc1ccc(F)cc12. The highest BCUT2D eigenvalue weighted by Crippen LogP contribution is 2.52. The molecule has 2 aliphatic rings. The van der Waals surface area contributed by atoms with E-state index in [9.17, 15) is 22.4 Å². The monoisotopic (exact) mass is 344 g/mol. The van der Waals surface area contributed by atoms with Crippen molar-refractivity contribution in [3.05, 3.63) is 35.1 Å². The van der Waals surface area contributed by atoms with E-state index in [4.69, 9.17) is 0 Å². The van der Waals surface area contributed by atoms with Crippen molar-refractivity contribution in [2.45, 2.75) is 56.8 Å². The van der Waals surface area contributed by atoms with Crippen LogP contribution in [0.2, 0.25) is 0 Å². The van der Waals surface area contributed by atoms with Crippen molar-refractivity contribution < 1.29 is 22.4 Å². The summed E-state index contributed by atoms with van der Waals surface area (Å²) in [5, 5.41) is 2.78. The Kier molecular flexibility index (Phi) is 3.81. The maximum Gasteiger partial charge on any atom is 0.406 e. The maximum atomic E-state index is 13.8. The molecule has 1 heterocycles. The first-order valence-electron chi connectivity index (χ1n) is 8.08. The molecule has 0 aromatic heterocycles. The summed E-state index contributed by atoms with van der Waals surface area (Å²) in [6.07, 6.45) is -2.39.